The molecule has 0 saturated carbocycles. The summed E-state index contributed by atoms with van der Waals surface area (Å²) in [5.41, 5.74) is 3.84. The van der Waals surface area contributed by atoms with Gasteiger partial charge in [0.05, 0.1) is 18.3 Å². The minimum atomic E-state index is -1.01. The standard InChI is InChI=1S/C34H39N9O4/c1-3-26(2)43-33(44)42(25-38-43)30-8-6-28(7-9-30)39-15-17-40(18-16-39)29-10-12-31(13-11-29)45-20-32-21-46-34(47-32,22-41-24-36-23-37-41)27-5-4-14-35-19-27/h4-14,19,23-26,32H,3,15-18,20-22H2,1-2H3/t26-,32?,34?/m1/s1. The average molecular weight is 638 g/mol. The molecular formula is C34H39N9O4. The van der Waals surface area contributed by atoms with Gasteiger partial charge in [0.2, 0.25) is 5.79 Å². The first-order chi connectivity index (χ1) is 23.0. The number of pyridine rings is 1. The third kappa shape index (κ3) is 6.49. The zero-order valence-electron chi connectivity index (χ0n) is 26.6. The third-order valence-corrected chi connectivity index (χ3v) is 8.91. The van der Waals surface area contributed by atoms with Crippen molar-refractivity contribution >= 4 is 11.4 Å². The van der Waals surface area contributed by atoms with Crippen LogP contribution in [-0.4, -0.2) is 79.6 Å². The maximum absolute atomic E-state index is 12.8. The van der Waals surface area contributed by atoms with Gasteiger partial charge in [0.15, 0.2) is 0 Å². The number of anilines is 2. The lowest BCUT2D eigenvalue weighted by Gasteiger charge is -2.37. The van der Waals surface area contributed by atoms with Crippen LogP contribution in [0.15, 0.2) is 96.8 Å². The van der Waals surface area contributed by atoms with Crippen molar-refractivity contribution in [1.29, 1.82) is 0 Å². The molecule has 13 nitrogen and oxygen atoms in total. The van der Waals surface area contributed by atoms with E-state index in [1.807, 2.05) is 43.3 Å². The molecule has 5 heterocycles. The van der Waals surface area contributed by atoms with Crippen molar-refractivity contribution in [3.8, 4) is 11.4 Å². The van der Waals surface area contributed by atoms with E-state index in [1.165, 1.54) is 6.33 Å². The van der Waals surface area contributed by atoms with Crippen molar-refractivity contribution in [3.63, 3.8) is 0 Å². The van der Waals surface area contributed by atoms with E-state index < -0.39 is 5.79 Å². The molecule has 0 spiro atoms. The summed E-state index contributed by atoms with van der Waals surface area (Å²) in [6.07, 6.45) is 8.81. The maximum Gasteiger partial charge on any atom is 0.350 e. The number of hydrogen-bond donors (Lipinski definition) is 0. The highest BCUT2D eigenvalue weighted by molar-refractivity contribution is 5.54. The van der Waals surface area contributed by atoms with Gasteiger partial charge in [-0.2, -0.15) is 10.2 Å². The molecule has 0 aliphatic carbocycles. The SMILES string of the molecule is CC[C@@H](C)n1ncn(-c2ccc(N3CCN(c4ccc(OCC5COC(Cn6cncn6)(c6cccnc6)O5)cc4)CC3)cc2)c1=O. The van der Waals surface area contributed by atoms with E-state index in [1.54, 1.807) is 39.0 Å². The lowest BCUT2D eigenvalue weighted by molar-refractivity contribution is -0.191. The van der Waals surface area contributed by atoms with E-state index in [-0.39, 0.29) is 17.8 Å². The molecule has 7 rings (SSSR count). The van der Waals surface area contributed by atoms with Crippen molar-refractivity contribution in [2.24, 2.45) is 0 Å². The molecule has 2 aliphatic rings. The molecule has 2 saturated heterocycles. The van der Waals surface area contributed by atoms with Crippen LogP contribution in [-0.2, 0) is 21.8 Å². The van der Waals surface area contributed by atoms with Gasteiger partial charge in [0.1, 0.15) is 44.0 Å². The topological polar surface area (TPSA) is 118 Å². The summed E-state index contributed by atoms with van der Waals surface area (Å²) < 4.78 is 23.6. The Morgan fingerprint density at radius 1 is 0.915 bits per heavy atom. The quantitative estimate of drug-likeness (QED) is 0.212. The van der Waals surface area contributed by atoms with Crippen LogP contribution in [0.25, 0.3) is 5.69 Å². The summed E-state index contributed by atoms with van der Waals surface area (Å²) in [6.45, 7) is 8.75. The zero-order chi connectivity index (χ0) is 32.2. The molecule has 47 heavy (non-hydrogen) atoms. The summed E-state index contributed by atoms with van der Waals surface area (Å²) in [7, 11) is 0. The Hall–Kier alpha value is -5.01. The lowest BCUT2D eigenvalue weighted by atomic mass is 10.1. The first-order valence-electron chi connectivity index (χ1n) is 16.1. The predicted octanol–water partition coefficient (Wildman–Crippen LogP) is 3.67. The van der Waals surface area contributed by atoms with Gasteiger partial charge in [0.25, 0.3) is 0 Å². The second kappa shape index (κ2) is 13.4. The number of ether oxygens (including phenoxy) is 3. The monoisotopic (exact) mass is 637 g/mol. The minimum absolute atomic E-state index is 0.0705. The van der Waals surface area contributed by atoms with Gasteiger partial charge < -0.3 is 24.0 Å². The Kier molecular flexibility index (Phi) is 8.72. The fourth-order valence-corrected chi connectivity index (χ4v) is 6.05. The Morgan fingerprint density at radius 2 is 1.62 bits per heavy atom. The van der Waals surface area contributed by atoms with Crippen LogP contribution in [0.5, 0.6) is 5.75 Å². The third-order valence-electron chi connectivity index (χ3n) is 8.91. The van der Waals surface area contributed by atoms with E-state index in [0.717, 1.165) is 61.0 Å². The van der Waals surface area contributed by atoms with Crippen molar-refractivity contribution < 1.29 is 14.2 Å². The van der Waals surface area contributed by atoms with E-state index >= 15 is 0 Å². The number of piperazine rings is 1. The summed E-state index contributed by atoms with van der Waals surface area (Å²) in [4.78, 5) is 25.9. The Bertz CT molecular complexity index is 1780. The molecule has 2 unspecified atom stereocenters. The molecule has 244 valence electrons. The Labute approximate surface area is 272 Å². The summed E-state index contributed by atoms with van der Waals surface area (Å²) in [5, 5.41) is 8.53. The molecule has 2 fully saturated rings. The van der Waals surface area contributed by atoms with Crippen molar-refractivity contribution in [2.45, 2.75) is 44.7 Å². The largest absolute Gasteiger partial charge is 0.491 e. The molecule has 0 radical (unpaired) electrons. The highest BCUT2D eigenvalue weighted by atomic mass is 16.8. The smallest absolute Gasteiger partial charge is 0.350 e. The van der Waals surface area contributed by atoms with Crippen molar-refractivity contribution in [1.82, 2.24) is 34.1 Å². The van der Waals surface area contributed by atoms with Crippen LogP contribution in [0, 0.1) is 0 Å². The molecule has 2 aliphatic heterocycles. The normalized spacial score (nSPS) is 20.4. The van der Waals surface area contributed by atoms with Gasteiger partial charge in [-0.05, 0) is 67.9 Å². The molecule has 3 atom stereocenters. The highest BCUT2D eigenvalue weighted by Crippen LogP contribution is 2.36. The number of nitrogens with zero attached hydrogens (tertiary/aromatic N) is 9. The van der Waals surface area contributed by atoms with Crippen LogP contribution in [0.3, 0.4) is 0 Å². The molecule has 2 aromatic carbocycles. The molecule has 3 aromatic heterocycles. The van der Waals surface area contributed by atoms with Gasteiger partial charge in [0, 0.05) is 55.5 Å². The molecular weight excluding hydrogens is 598 g/mol. The van der Waals surface area contributed by atoms with Crippen LogP contribution < -0.4 is 20.2 Å². The first-order valence-corrected chi connectivity index (χ1v) is 16.1. The zero-order valence-corrected chi connectivity index (χ0v) is 26.6. The molecule has 0 N–H and O–H groups in total. The maximum atomic E-state index is 12.8. The van der Waals surface area contributed by atoms with E-state index in [2.05, 4.69) is 61.2 Å². The van der Waals surface area contributed by atoms with E-state index in [9.17, 15) is 4.79 Å². The number of benzene rings is 2. The van der Waals surface area contributed by atoms with E-state index in [4.69, 9.17) is 14.2 Å². The summed E-state index contributed by atoms with van der Waals surface area (Å²) in [5.74, 6) is -0.235. The summed E-state index contributed by atoms with van der Waals surface area (Å²) >= 11 is 0. The van der Waals surface area contributed by atoms with Crippen LogP contribution in [0.1, 0.15) is 31.9 Å². The fourth-order valence-electron chi connectivity index (χ4n) is 6.05. The molecule has 5 aromatic rings. The van der Waals surface area contributed by atoms with Gasteiger partial charge in [-0.3, -0.25) is 4.98 Å². The molecule has 0 bridgehead atoms. The Morgan fingerprint density at radius 3 is 2.26 bits per heavy atom. The first kappa shape index (κ1) is 30.6. The number of hydrogen-bond acceptors (Lipinski definition) is 10. The Balaban J connectivity index is 0.913. The second-order valence-electron chi connectivity index (χ2n) is 11.9. The van der Waals surface area contributed by atoms with Crippen molar-refractivity contribution in [3.05, 3.63) is 108 Å². The summed E-state index contributed by atoms with van der Waals surface area (Å²) in [6, 6.07) is 20.2. The van der Waals surface area contributed by atoms with Gasteiger partial charge in [-0.25, -0.2) is 23.7 Å². The minimum Gasteiger partial charge on any atom is -0.491 e. The van der Waals surface area contributed by atoms with Crippen LogP contribution in [0.4, 0.5) is 11.4 Å². The van der Waals surface area contributed by atoms with Gasteiger partial charge in [-0.1, -0.05) is 13.0 Å². The number of rotatable bonds is 11. The van der Waals surface area contributed by atoms with Crippen molar-refractivity contribution in [2.75, 3.05) is 49.2 Å². The molecule has 0 amide bonds. The second-order valence-corrected chi connectivity index (χ2v) is 11.9. The predicted molar refractivity (Wildman–Crippen MR) is 176 cm³/mol. The number of aromatic nitrogens is 7. The average Bonchev–Trinajstić information content (AvgIpc) is 3.89. The van der Waals surface area contributed by atoms with E-state index in [0.29, 0.717) is 19.8 Å². The van der Waals surface area contributed by atoms with Gasteiger partial charge in [-0.15, -0.1) is 0 Å². The highest BCUT2D eigenvalue weighted by Gasteiger charge is 2.44. The van der Waals surface area contributed by atoms with Crippen LogP contribution >= 0.6 is 0 Å². The van der Waals surface area contributed by atoms with Crippen LogP contribution in [0.2, 0.25) is 0 Å². The lowest BCUT2D eigenvalue weighted by Crippen LogP contribution is -2.46. The fraction of sp³-hybridized carbons (Fsp3) is 0.382. The van der Waals surface area contributed by atoms with Gasteiger partial charge >= 0.3 is 5.69 Å². The molecule has 13 heteroatoms.